The zero-order valence-electron chi connectivity index (χ0n) is 16.9. The maximum Gasteiger partial charge on any atom is 0.223 e. The molecule has 0 aliphatic carbocycles. The van der Waals surface area contributed by atoms with Crippen LogP contribution in [0.3, 0.4) is 0 Å². The fourth-order valence-electron chi connectivity index (χ4n) is 4.01. The molecule has 0 spiro atoms. The Morgan fingerprint density at radius 1 is 1.19 bits per heavy atom. The quantitative estimate of drug-likeness (QED) is 0.786. The third-order valence-electron chi connectivity index (χ3n) is 5.32. The molecule has 0 bridgehead atoms. The average molecular weight is 357 g/mol. The Morgan fingerprint density at radius 2 is 1.96 bits per heavy atom. The summed E-state index contributed by atoms with van der Waals surface area (Å²) < 4.78 is 5.08. The van der Waals surface area contributed by atoms with E-state index in [-0.39, 0.29) is 0 Å². The first-order valence-corrected chi connectivity index (χ1v) is 9.70. The van der Waals surface area contributed by atoms with Gasteiger partial charge in [0, 0.05) is 26.6 Å². The van der Waals surface area contributed by atoms with Crippen LogP contribution in [-0.2, 0) is 19.6 Å². The van der Waals surface area contributed by atoms with Crippen molar-refractivity contribution in [1.29, 1.82) is 0 Å². The normalized spacial score (nSPS) is 18.6. The first-order chi connectivity index (χ1) is 12.4. The lowest BCUT2D eigenvalue weighted by molar-refractivity contribution is 0.176. The molecule has 0 radical (unpaired) electrons. The molecule has 3 rings (SSSR count). The van der Waals surface area contributed by atoms with Crippen LogP contribution in [0.25, 0.3) is 0 Å². The van der Waals surface area contributed by atoms with Crippen molar-refractivity contribution in [2.24, 2.45) is 5.92 Å². The van der Waals surface area contributed by atoms with Gasteiger partial charge >= 0.3 is 0 Å². The minimum absolute atomic E-state index is 0.623. The van der Waals surface area contributed by atoms with E-state index in [1.54, 1.807) is 0 Å². The number of rotatable bonds is 6. The molecule has 5 heteroatoms. The van der Waals surface area contributed by atoms with Crippen molar-refractivity contribution in [2.75, 3.05) is 20.1 Å². The van der Waals surface area contributed by atoms with Gasteiger partial charge in [0.1, 0.15) is 0 Å². The number of aromatic nitrogens is 2. The molecular formula is C21H32N4O. The number of likely N-dealkylation sites (tertiary alicyclic amines) is 1. The summed E-state index contributed by atoms with van der Waals surface area (Å²) in [6, 6.07) is 4.68. The molecule has 1 aromatic heterocycles. The fraction of sp³-hybridized carbons (Fsp3) is 0.619. The number of piperidine rings is 1. The van der Waals surface area contributed by atoms with E-state index in [4.69, 9.17) is 4.52 Å². The van der Waals surface area contributed by atoms with Crippen LogP contribution >= 0.6 is 0 Å². The van der Waals surface area contributed by atoms with Crippen molar-refractivity contribution < 1.29 is 4.52 Å². The number of aryl methyl sites for hydroxylation is 2. The molecule has 0 amide bonds. The van der Waals surface area contributed by atoms with Crippen LogP contribution in [-0.4, -0.2) is 40.1 Å². The second kappa shape index (κ2) is 8.31. The van der Waals surface area contributed by atoms with Gasteiger partial charge in [-0.05, 0) is 62.9 Å². The van der Waals surface area contributed by atoms with E-state index in [0.29, 0.717) is 12.4 Å². The topological polar surface area (TPSA) is 45.4 Å². The predicted octanol–water partition coefficient (Wildman–Crippen LogP) is 3.86. The highest BCUT2D eigenvalue weighted by Gasteiger charge is 2.18. The van der Waals surface area contributed by atoms with Crippen molar-refractivity contribution in [3.63, 3.8) is 0 Å². The summed E-state index contributed by atoms with van der Waals surface area (Å²) in [5.74, 6) is 2.19. The molecular weight excluding hydrogens is 324 g/mol. The molecule has 1 atom stereocenters. The van der Waals surface area contributed by atoms with Crippen LogP contribution in [0.4, 0.5) is 0 Å². The van der Waals surface area contributed by atoms with Crippen molar-refractivity contribution >= 4 is 0 Å². The Bertz CT molecular complexity index is 740. The first kappa shape index (κ1) is 19.1. The molecule has 2 aromatic rings. The fourth-order valence-corrected chi connectivity index (χ4v) is 4.01. The van der Waals surface area contributed by atoms with E-state index < -0.39 is 0 Å². The Morgan fingerprint density at radius 3 is 2.65 bits per heavy atom. The summed E-state index contributed by atoms with van der Waals surface area (Å²) >= 11 is 0. The first-order valence-electron chi connectivity index (χ1n) is 9.70. The molecule has 0 saturated carbocycles. The Kier molecular flexibility index (Phi) is 6.09. The minimum atomic E-state index is 0.623. The van der Waals surface area contributed by atoms with Gasteiger partial charge in [0.15, 0.2) is 5.82 Å². The largest absolute Gasteiger partial charge is 0.340 e. The summed E-state index contributed by atoms with van der Waals surface area (Å²) in [6.07, 6.45) is 2.70. The smallest absolute Gasteiger partial charge is 0.223 e. The molecule has 0 unspecified atom stereocenters. The molecule has 26 heavy (non-hydrogen) atoms. The van der Waals surface area contributed by atoms with E-state index in [2.05, 4.69) is 59.9 Å². The molecule has 0 N–H and O–H groups in total. The Hall–Kier alpha value is -1.72. The van der Waals surface area contributed by atoms with Crippen LogP contribution in [0.1, 0.15) is 53.7 Å². The second-order valence-electron chi connectivity index (χ2n) is 8.09. The molecule has 1 aliphatic rings. The lowest BCUT2D eigenvalue weighted by Crippen LogP contribution is -2.34. The lowest BCUT2D eigenvalue weighted by atomic mass is 9.96. The van der Waals surface area contributed by atoms with Crippen LogP contribution in [0.2, 0.25) is 0 Å². The molecule has 1 aromatic carbocycles. The van der Waals surface area contributed by atoms with Crippen LogP contribution in [0.5, 0.6) is 0 Å². The number of hydrogen-bond acceptors (Lipinski definition) is 5. The van der Waals surface area contributed by atoms with E-state index in [1.807, 2.05) is 6.92 Å². The number of hydrogen-bond donors (Lipinski definition) is 0. The molecule has 1 aliphatic heterocycles. The van der Waals surface area contributed by atoms with Crippen molar-refractivity contribution in [2.45, 2.75) is 60.2 Å². The van der Waals surface area contributed by atoms with Crippen LogP contribution in [0.15, 0.2) is 16.7 Å². The van der Waals surface area contributed by atoms with Gasteiger partial charge < -0.3 is 4.52 Å². The van der Waals surface area contributed by atoms with Crippen molar-refractivity contribution in [3.05, 3.63) is 46.1 Å². The molecule has 2 heterocycles. The summed E-state index contributed by atoms with van der Waals surface area (Å²) in [4.78, 5) is 9.17. The van der Waals surface area contributed by atoms with Crippen LogP contribution in [0, 0.1) is 26.7 Å². The molecule has 1 saturated heterocycles. The zero-order chi connectivity index (χ0) is 18.7. The summed E-state index contributed by atoms with van der Waals surface area (Å²) in [5.41, 5.74) is 5.63. The van der Waals surface area contributed by atoms with Gasteiger partial charge in [-0.2, -0.15) is 4.98 Å². The lowest BCUT2D eigenvalue weighted by Gasteiger charge is -2.31. The van der Waals surface area contributed by atoms with Crippen LogP contribution < -0.4 is 0 Å². The van der Waals surface area contributed by atoms with E-state index in [1.165, 1.54) is 48.2 Å². The molecule has 142 valence electrons. The van der Waals surface area contributed by atoms with Crippen molar-refractivity contribution in [3.8, 4) is 0 Å². The van der Waals surface area contributed by atoms with E-state index in [0.717, 1.165) is 24.8 Å². The summed E-state index contributed by atoms with van der Waals surface area (Å²) in [6.45, 7) is 13.8. The maximum absolute atomic E-state index is 5.08. The second-order valence-corrected chi connectivity index (χ2v) is 8.09. The summed E-state index contributed by atoms with van der Waals surface area (Å²) in [7, 11) is 2.11. The molecule has 5 nitrogen and oxygen atoms in total. The monoisotopic (exact) mass is 356 g/mol. The Labute approximate surface area is 157 Å². The van der Waals surface area contributed by atoms with Gasteiger partial charge in [0.25, 0.3) is 0 Å². The average Bonchev–Trinajstić information content (AvgIpc) is 2.96. The highest BCUT2D eigenvalue weighted by molar-refractivity contribution is 5.38. The minimum Gasteiger partial charge on any atom is -0.340 e. The zero-order valence-corrected chi connectivity index (χ0v) is 16.9. The number of nitrogens with zero attached hydrogens (tertiary/aromatic N) is 4. The van der Waals surface area contributed by atoms with Gasteiger partial charge in [-0.1, -0.05) is 29.8 Å². The number of benzene rings is 1. The third kappa shape index (κ3) is 4.92. The molecule has 1 fully saturated rings. The van der Waals surface area contributed by atoms with Gasteiger partial charge in [0.05, 0.1) is 6.54 Å². The van der Waals surface area contributed by atoms with Gasteiger partial charge in [-0.3, -0.25) is 9.80 Å². The standard InChI is InChI=1S/C21H32N4O/c1-15-7-6-8-25(11-15)13-20-10-16(2)9-19(17(20)3)12-24(5)14-21-22-18(4)26-23-21/h9-10,15H,6-8,11-14H2,1-5H3/t15-/m1/s1. The van der Waals surface area contributed by atoms with Crippen molar-refractivity contribution in [1.82, 2.24) is 19.9 Å². The highest BCUT2D eigenvalue weighted by atomic mass is 16.5. The van der Waals surface area contributed by atoms with Gasteiger partial charge in [-0.25, -0.2) is 0 Å². The van der Waals surface area contributed by atoms with Gasteiger partial charge in [-0.15, -0.1) is 0 Å². The van der Waals surface area contributed by atoms with E-state index >= 15 is 0 Å². The third-order valence-corrected chi connectivity index (χ3v) is 5.32. The maximum atomic E-state index is 5.08. The highest BCUT2D eigenvalue weighted by Crippen LogP contribution is 2.23. The van der Waals surface area contributed by atoms with E-state index in [9.17, 15) is 0 Å². The Balaban J connectivity index is 1.69. The SMILES string of the molecule is Cc1cc(CN(C)Cc2noc(C)n2)c(C)c(CN2CCC[C@@H](C)C2)c1. The summed E-state index contributed by atoms with van der Waals surface area (Å²) in [5, 5.41) is 4.00. The predicted molar refractivity (Wildman–Crippen MR) is 104 cm³/mol. The van der Waals surface area contributed by atoms with Gasteiger partial charge in [0.2, 0.25) is 5.89 Å².